The second-order valence-corrected chi connectivity index (χ2v) is 4.72. The molecule has 2 aromatic carbocycles. The first kappa shape index (κ1) is 13.7. The Labute approximate surface area is 122 Å². The van der Waals surface area contributed by atoms with E-state index in [4.69, 9.17) is 27.9 Å². The van der Waals surface area contributed by atoms with Crippen LogP contribution in [0.15, 0.2) is 61.7 Å². The Balaban J connectivity index is 2.19. The second-order valence-electron chi connectivity index (χ2n) is 3.91. The van der Waals surface area contributed by atoms with Gasteiger partial charge in [0.15, 0.2) is 0 Å². The van der Waals surface area contributed by atoms with Crippen molar-refractivity contribution in [2.75, 3.05) is 0 Å². The number of benzene rings is 2. The largest absolute Gasteiger partial charge is 0.457 e. The van der Waals surface area contributed by atoms with Crippen molar-refractivity contribution in [3.63, 3.8) is 0 Å². The van der Waals surface area contributed by atoms with Gasteiger partial charge in [0.1, 0.15) is 11.5 Å². The van der Waals surface area contributed by atoms with Crippen LogP contribution in [0.4, 0.5) is 0 Å². The smallest absolute Gasteiger partial charge is 0.128 e. The van der Waals surface area contributed by atoms with Crippen LogP contribution in [0.3, 0.4) is 0 Å². The predicted octanol–water partition coefficient (Wildman–Crippen LogP) is 5.65. The molecule has 2 rings (SSSR count). The molecule has 0 fully saturated rings. The topological polar surface area (TPSA) is 9.23 Å². The zero-order valence-electron chi connectivity index (χ0n) is 10.2. The fourth-order valence-corrected chi connectivity index (χ4v) is 2.12. The van der Waals surface area contributed by atoms with Gasteiger partial charge >= 0.3 is 0 Å². The Bertz CT molecular complexity index is 577. The quantitative estimate of drug-likeness (QED) is 0.661. The predicted molar refractivity (Wildman–Crippen MR) is 82.1 cm³/mol. The molecule has 2 aromatic rings. The molecule has 0 aliphatic carbocycles. The van der Waals surface area contributed by atoms with Gasteiger partial charge in [-0.05, 0) is 24.3 Å². The van der Waals surface area contributed by atoms with Gasteiger partial charge in [-0.15, -0.1) is 0 Å². The number of ether oxygens (including phenoxy) is 1. The van der Waals surface area contributed by atoms with Crippen LogP contribution in [0.25, 0.3) is 11.5 Å². The lowest BCUT2D eigenvalue weighted by atomic mass is 10.2. The molecule has 0 radical (unpaired) electrons. The molecule has 0 aliphatic rings. The van der Waals surface area contributed by atoms with E-state index in [0.29, 0.717) is 21.6 Å². The number of rotatable bonds is 4. The molecule has 3 heteroatoms. The van der Waals surface area contributed by atoms with Crippen LogP contribution in [-0.2, 0) is 4.74 Å². The third kappa shape index (κ3) is 3.19. The summed E-state index contributed by atoms with van der Waals surface area (Å²) < 4.78 is 5.63. The molecule has 0 unspecified atom stereocenters. The van der Waals surface area contributed by atoms with E-state index in [2.05, 4.69) is 13.2 Å². The minimum absolute atomic E-state index is 0.440. The molecule has 1 nitrogen and oxygen atoms in total. The average Bonchev–Trinajstić information content (AvgIpc) is 2.39. The van der Waals surface area contributed by atoms with Gasteiger partial charge in [-0.1, -0.05) is 60.6 Å². The third-order valence-corrected chi connectivity index (χ3v) is 3.25. The van der Waals surface area contributed by atoms with Crippen molar-refractivity contribution in [1.82, 2.24) is 0 Å². The lowest BCUT2D eigenvalue weighted by molar-refractivity contribution is 0.474. The fourth-order valence-electron chi connectivity index (χ4n) is 1.63. The molecule has 0 saturated heterocycles. The van der Waals surface area contributed by atoms with E-state index >= 15 is 0 Å². The van der Waals surface area contributed by atoms with Crippen molar-refractivity contribution < 1.29 is 4.74 Å². The normalized spacial score (nSPS) is 10.0. The van der Waals surface area contributed by atoms with Crippen molar-refractivity contribution in [3.05, 3.63) is 82.9 Å². The van der Waals surface area contributed by atoms with Gasteiger partial charge in [-0.25, -0.2) is 0 Å². The van der Waals surface area contributed by atoms with E-state index in [-0.39, 0.29) is 0 Å². The summed E-state index contributed by atoms with van der Waals surface area (Å²) in [5.41, 5.74) is 1.47. The maximum Gasteiger partial charge on any atom is 0.128 e. The summed E-state index contributed by atoms with van der Waals surface area (Å²) in [6.07, 6.45) is 0. The van der Waals surface area contributed by atoms with Crippen molar-refractivity contribution in [2.24, 2.45) is 0 Å². The Hall–Kier alpha value is -1.70. The maximum atomic E-state index is 6.08. The first-order chi connectivity index (χ1) is 9.09. The highest BCUT2D eigenvalue weighted by Crippen LogP contribution is 2.30. The molecule has 0 aliphatic heterocycles. The second kappa shape index (κ2) is 5.96. The lowest BCUT2D eigenvalue weighted by Crippen LogP contribution is -1.92. The third-order valence-electron chi connectivity index (χ3n) is 2.59. The number of hydrogen-bond acceptors (Lipinski definition) is 1. The summed E-state index contributed by atoms with van der Waals surface area (Å²) in [7, 11) is 0. The van der Waals surface area contributed by atoms with Gasteiger partial charge in [0.05, 0.1) is 10.0 Å². The van der Waals surface area contributed by atoms with E-state index < -0.39 is 0 Å². The van der Waals surface area contributed by atoms with Gasteiger partial charge in [0.2, 0.25) is 0 Å². The van der Waals surface area contributed by atoms with Crippen LogP contribution in [0.2, 0.25) is 10.0 Å². The minimum atomic E-state index is 0.440. The molecule has 0 amide bonds. The van der Waals surface area contributed by atoms with E-state index in [1.54, 1.807) is 12.1 Å². The molecular weight excluding hydrogens is 279 g/mol. The minimum Gasteiger partial charge on any atom is -0.457 e. The Kier molecular flexibility index (Phi) is 4.31. The van der Waals surface area contributed by atoms with Crippen molar-refractivity contribution >= 4 is 34.7 Å². The molecular formula is C16H12Cl2O. The highest BCUT2D eigenvalue weighted by molar-refractivity contribution is 6.32. The zero-order chi connectivity index (χ0) is 13.8. The molecule has 0 heterocycles. The van der Waals surface area contributed by atoms with Gasteiger partial charge in [-0.3, -0.25) is 0 Å². The van der Waals surface area contributed by atoms with Crippen molar-refractivity contribution in [2.45, 2.75) is 0 Å². The van der Waals surface area contributed by atoms with Gasteiger partial charge in [0.25, 0.3) is 0 Å². The van der Waals surface area contributed by atoms with Crippen LogP contribution >= 0.6 is 23.2 Å². The monoisotopic (exact) mass is 290 g/mol. The molecule has 96 valence electrons. The summed E-state index contributed by atoms with van der Waals surface area (Å²) in [6, 6.07) is 14.7. The SMILES string of the molecule is C=C(OC(=C)c1ccccc1Cl)c1ccccc1Cl. The molecule has 19 heavy (non-hydrogen) atoms. The molecule has 0 saturated carbocycles. The first-order valence-corrected chi connectivity index (χ1v) is 6.40. The van der Waals surface area contributed by atoms with Crippen LogP contribution in [-0.4, -0.2) is 0 Å². The summed E-state index contributed by atoms with van der Waals surface area (Å²) in [6.45, 7) is 7.74. The van der Waals surface area contributed by atoms with Gasteiger partial charge in [0, 0.05) is 11.1 Å². The van der Waals surface area contributed by atoms with E-state index in [9.17, 15) is 0 Å². The Morgan fingerprint density at radius 2 is 1.11 bits per heavy atom. The maximum absolute atomic E-state index is 6.08. The summed E-state index contributed by atoms with van der Waals surface area (Å²) in [5.74, 6) is 0.881. The number of halogens is 2. The van der Waals surface area contributed by atoms with E-state index in [1.165, 1.54) is 0 Å². The van der Waals surface area contributed by atoms with Gasteiger partial charge in [-0.2, -0.15) is 0 Å². The van der Waals surface area contributed by atoms with Gasteiger partial charge < -0.3 is 4.74 Å². The van der Waals surface area contributed by atoms with E-state index in [0.717, 1.165) is 11.1 Å². The standard InChI is InChI=1S/C16H12Cl2O/c1-11(13-7-3-5-9-15(13)17)19-12(2)14-8-4-6-10-16(14)18/h3-10H,1-2H2. The molecule has 0 atom stereocenters. The van der Waals surface area contributed by atoms with Crippen LogP contribution in [0.5, 0.6) is 0 Å². The Morgan fingerprint density at radius 1 is 0.737 bits per heavy atom. The Morgan fingerprint density at radius 3 is 1.47 bits per heavy atom. The first-order valence-electron chi connectivity index (χ1n) is 5.65. The van der Waals surface area contributed by atoms with E-state index in [1.807, 2.05) is 36.4 Å². The molecule has 0 bridgehead atoms. The van der Waals surface area contributed by atoms with Crippen molar-refractivity contribution in [1.29, 1.82) is 0 Å². The highest BCUT2D eigenvalue weighted by Gasteiger charge is 2.10. The molecule has 0 spiro atoms. The summed E-state index contributed by atoms with van der Waals surface area (Å²) in [4.78, 5) is 0. The fraction of sp³-hybridized carbons (Fsp3) is 0. The summed E-state index contributed by atoms with van der Waals surface area (Å²) >= 11 is 12.2. The summed E-state index contributed by atoms with van der Waals surface area (Å²) in [5, 5.41) is 1.17. The van der Waals surface area contributed by atoms with Crippen molar-refractivity contribution in [3.8, 4) is 0 Å². The van der Waals surface area contributed by atoms with Crippen LogP contribution < -0.4 is 0 Å². The molecule has 0 N–H and O–H groups in total. The highest BCUT2D eigenvalue weighted by atomic mass is 35.5. The lowest BCUT2D eigenvalue weighted by Gasteiger charge is -2.13. The van der Waals surface area contributed by atoms with Crippen LogP contribution in [0, 0.1) is 0 Å². The number of hydrogen-bond donors (Lipinski definition) is 0. The average molecular weight is 291 g/mol. The molecule has 0 aromatic heterocycles. The van der Waals surface area contributed by atoms with Crippen LogP contribution in [0.1, 0.15) is 11.1 Å². The zero-order valence-corrected chi connectivity index (χ0v) is 11.7.